The van der Waals surface area contributed by atoms with E-state index in [4.69, 9.17) is 21.1 Å². The fraction of sp³-hybridized carbons (Fsp3) is 0.227. The number of hydrogen-bond donors (Lipinski definition) is 3. The maximum atomic E-state index is 15.1. The van der Waals surface area contributed by atoms with Crippen LogP contribution in [0, 0.1) is 23.5 Å². The summed E-state index contributed by atoms with van der Waals surface area (Å²) in [6.07, 6.45) is 1.27. The van der Waals surface area contributed by atoms with E-state index in [-0.39, 0.29) is 34.0 Å². The molecule has 14 heteroatoms. The first kappa shape index (κ1) is 25.5. The number of rotatable bonds is 7. The predicted molar refractivity (Wildman–Crippen MR) is 125 cm³/mol. The minimum atomic E-state index is -4.47. The molecule has 2 aromatic carbocycles. The van der Waals surface area contributed by atoms with Crippen molar-refractivity contribution in [1.82, 2.24) is 15.2 Å². The SMILES string of the molecule is COc1c(CO)cc(Cl)cc1S(=O)(=O)Nc1ccc(F)c(C#Cc2cnc(NC3COC3)nn2)c1F. The quantitative estimate of drug-likeness (QED) is 0.388. The van der Waals surface area contributed by atoms with E-state index in [1.165, 1.54) is 19.4 Å². The number of halogens is 3. The molecule has 0 radical (unpaired) electrons. The van der Waals surface area contributed by atoms with Gasteiger partial charge >= 0.3 is 0 Å². The lowest BCUT2D eigenvalue weighted by Gasteiger charge is -2.26. The topological polar surface area (TPSA) is 136 Å². The second-order valence-electron chi connectivity index (χ2n) is 7.44. The summed E-state index contributed by atoms with van der Waals surface area (Å²) in [7, 11) is -3.27. The van der Waals surface area contributed by atoms with E-state index in [9.17, 15) is 17.9 Å². The number of ether oxygens (including phenoxy) is 2. The third kappa shape index (κ3) is 5.47. The zero-order chi connectivity index (χ0) is 25.9. The van der Waals surface area contributed by atoms with E-state index in [0.717, 1.165) is 18.2 Å². The van der Waals surface area contributed by atoms with Crippen molar-refractivity contribution in [1.29, 1.82) is 0 Å². The Balaban J connectivity index is 1.61. The van der Waals surface area contributed by atoms with Crippen LogP contribution < -0.4 is 14.8 Å². The lowest BCUT2D eigenvalue weighted by molar-refractivity contribution is 0.0207. The van der Waals surface area contributed by atoms with Gasteiger partial charge in [0.15, 0.2) is 11.5 Å². The van der Waals surface area contributed by atoms with Crippen molar-refractivity contribution >= 4 is 33.3 Å². The highest BCUT2D eigenvalue weighted by atomic mass is 35.5. The van der Waals surface area contributed by atoms with Crippen LogP contribution in [-0.4, -0.2) is 55.1 Å². The Morgan fingerprint density at radius 1 is 1.25 bits per heavy atom. The molecule has 3 aromatic rings. The van der Waals surface area contributed by atoms with Crippen LogP contribution in [0.3, 0.4) is 0 Å². The maximum absolute atomic E-state index is 15.1. The Kier molecular flexibility index (Phi) is 7.51. The number of aliphatic hydroxyl groups excluding tert-OH is 1. The van der Waals surface area contributed by atoms with Crippen molar-refractivity contribution in [3.63, 3.8) is 0 Å². The lowest BCUT2D eigenvalue weighted by atomic mass is 10.1. The Morgan fingerprint density at radius 3 is 2.64 bits per heavy atom. The number of nitrogens with one attached hydrogen (secondary N) is 2. The number of sulfonamides is 1. The van der Waals surface area contributed by atoms with E-state index in [2.05, 4.69) is 32.3 Å². The Hall–Kier alpha value is -3.57. The molecule has 0 aliphatic carbocycles. The molecule has 0 bridgehead atoms. The first-order chi connectivity index (χ1) is 17.2. The van der Waals surface area contributed by atoms with Gasteiger partial charge in [-0.2, -0.15) is 0 Å². The van der Waals surface area contributed by atoms with Crippen molar-refractivity contribution in [3.05, 3.63) is 63.9 Å². The van der Waals surface area contributed by atoms with Gasteiger partial charge in [0, 0.05) is 10.6 Å². The average molecular weight is 538 g/mol. The van der Waals surface area contributed by atoms with Gasteiger partial charge in [-0.3, -0.25) is 4.72 Å². The van der Waals surface area contributed by atoms with Gasteiger partial charge in [-0.1, -0.05) is 17.5 Å². The smallest absolute Gasteiger partial charge is 0.265 e. The molecule has 4 rings (SSSR count). The van der Waals surface area contributed by atoms with Crippen molar-refractivity contribution < 1.29 is 31.8 Å². The Morgan fingerprint density at radius 2 is 2.03 bits per heavy atom. The molecule has 1 aliphatic heterocycles. The Bertz CT molecular complexity index is 1460. The maximum Gasteiger partial charge on any atom is 0.265 e. The number of nitrogens with zero attached hydrogens (tertiary/aromatic N) is 3. The highest BCUT2D eigenvalue weighted by Crippen LogP contribution is 2.33. The number of benzene rings is 2. The highest BCUT2D eigenvalue weighted by Gasteiger charge is 2.25. The molecule has 3 N–H and O–H groups in total. The highest BCUT2D eigenvalue weighted by molar-refractivity contribution is 7.92. The molecule has 2 heterocycles. The lowest BCUT2D eigenvalue weighted by Crippen LogP contribution is -2.40. The number of hydrogen-bond acceptors (Lipinski definition) is 9. The molecule has 36 heavy (non-hydrogen) atoms. The molecule has 10 nitrogen and oxygen atoms in total. The van der Waals surface area contributed by atoms with Gasteiger partial charge in [-0.25, -0.2) is 22.2 Å². The van der Waals surface area contributed by atoms with E-state index in [1.807, 2.05) is 4.72 Å². The van der Waals surface area contributed by atoms with Crippen LogP contribution in [0.25, 0.3) is 0 Å². The van der Waals surface area contributed by atoms with Gasteiger partial charge in [0.25, 0.3) is 10.0 Å². The third-order valence-corrected chi connectivity index (χ3v) is 6.53. The fourth-order valence-electron chi connectivity index (χ4n) is 3.14. The Labute approximate surface area is 209 Å². The number of methoxy groups -OCH3 is 1. The van der Waals surface area contributed by atoms with Crippen molar-refractivity contribution in [3.8, 4) is 17.6 Å². The number of anilines is 2. The summed E-state index contributed by atoms with van der Waals surface area (Å²) in [6, 6.07) is 4.25. The van der Waals surface area contributed by atoms with Crippen molar-refractivity contribution in [2.45, 2.75) is 17.5 Å². The molecule has 1 fully saturated rings. The first-order valence-corrected chi connectivity index (χ1v) is 12.1. The van der Waals surface area contributed by atoms with E-state index in [0.29, 0.717) is 13.2 Å². The van der Waals surface area contributed by atoms with Crippen molar-refractivity contribution in [2.24, 2.45) is 0 Å². The molecule has 0 atom stereocenters. The van der Waals surface area contributed by atoms with Crippen LogP contribution in [0.5, 0.6) is 5.75 Å². The van der Waals surface area contributed by atoms with Gasteiger partial charge in [-0.05, 0) is 30.2 Å². The van der Waals surface area contributed by atoms with Gasteiger partial charge in [0.05, 0.1) is 50.4 Å². The molecule has 1 aliphatic rings. The van der Waals surface area contributed by atoms with Crippen LogP contribution >= 0.6 is 11.6 Å². The van der Waals surface area contributed by atoms with E-state index in [1.54, 1.807) is 0 Å². The van der Waals surface area contributed by atoms with Gasteiger partial charge in [0.1, 0.15) is 16.5 Å². The molecule has 188 valence electrons. The standard InChI is InChI=1S/C22H18ClF2N5O5S/c1-34-21-12(9-31)6-13(23)7-19(21)36(32,33)30-18-5-4-17(24)16(20(18)25)3-2-14-8-26-22(29-28-14)27-15-10-35-11-15/h4-8,15,30-31H,9-11H2,1H3,(H,26,27,29). The number of aromatic nitrogens is 3. The predicted octanol–water partition coefficient (Wildman–Crippen LogP) is 2.32. The first-order valence-electron chi connectivity index (χ1n) is 10.3. The fourth-order valence-corrected chi connectivity index (χ4v) is 4.75. The van der Waals surface area contributed by atoms with Gasteiger partial charge < -0.3 is 19.9 Å². The monoisotopic (exact) mass is 537 g/mol. The van der Waals surface area contributed by atoms with Gasteiger partial charge in [0.2, 0.25) is 5.95 Å². The van der Waals surface area contributed by atoms with Crippen LogP contribution in [0.15, 0.2) is 35.4 Å². The molecular weight excluding hydrogens is 520 g/mol. The molecule has 1 aromatic heterocycles. The normalized spacial score (nSPS) is 13.4. The minimum Gasteiger partial charge on any atom is -0.495 e. The summed E-state index contributed by atoms with van der Waals surface area (Å²) in [5.41, 5.74) is -1.12. The molecule has 0 amide bonds. The van der Waals surface area contributed by atoms with Gasteiger partial charge in [-0.15, -0.1) is 10.2 Å². The minimum absolute atomic E-state index is 0.00307. The van der Waals surface area contributed by atoms with Crippen LogP contribution in [0.2, 0.25) is 5.02 Å². The number of aliphatic hydroxyl groups is 1. The molecule has 0 spiro atoms. The van der Waals surface area contributed by atoms with Crippen LogP contribution in [-0.2, 0) is 21.4 Å². The zero-order valence-corrected chi connectivity index (χ0v) is 20.1. The summed E-state index contributed by atoms with van der Waals surface area (Å²) >= 11 is 5.96. The van der Waals surface area contributed by atoms with E-state index < -0.39 is 44.4 Å². The van der Waals surface area contributed by atoms with Crippen molar-refractivity contribution in [2.75, 3.05) is 30.4 Å². The van der Waals surface area contributed by atoms with Crippen LogP contribution in [0.1, 0.15) is 16.8 Å². The second-order valence-corrected chi connectivity index (χ2v) is 9.53. The molecule has 0 unspecified atom stereocenters. The summed E-state index contributed by atoms with van der Waals surface area (Å²) in [4.78, 5) is 3.59. The summed E-state index contributed by atoms with van der Waals surface area (Å²) in [6.45, 7) is 0.493. The second kappa shape index (κ2) is 10.6. The molecule has 1 saturated heterocycles. The zero-order valence-electron chi connectivity index (χ0n) is 18.5. The molecule has 0 saturated carbocycles. The van der Waals surface area contributed by atoms with E-state index >= 15 is 4.39 Å². The summed E-state index contributed by atoms with van der Waals surface area (Å²) in [5, 5.41) is 20.2. The average Bonchev–Trinajstić information content (AvgIpc) is 2.83. The summed E-state index contributed by atoms with van der Waals surface area (Å²) < 4.78 is 67.6. The van der Waals surface area contributed by atoms with Crippen LogP contribution in [0.4, 0.5) is 20.4 Å². The largest absolute Gasteiger partial charge is 0.495 e. The summed E-state index contributed by atoms with van der Waals surface area (Å²) in [5.74, 6) is 2.56. The third-order valence-electron chi connectivity index (χ3n) is 4.94. The molecular formula is C22H18ClF2N5O5S.